The number of aromatic nitrogens is 1. The van der Waals surface area contributed by atoms with Gasteiger partial charge < -0.3 is 10.1 Å². The molecule has 3 aromatic rings. The summed E-state index contributed by atoms with van der Waals surface area (Å²) in [7, 11) is -2.27. The number of sulfone groups is 1. The minimum atomic E-state index is -3.78. The van der Waals surface area contributed by atoms with Gasteiger partial charge in [0.2, 0.25) is 0 Å². The number of pyridine rings is 1. The van der Waals surface area contributed by atoms with Crippen LogP contribution in [0.1, 0.15) is 21.2 Å². The average Bonchev–Trinajstić information content (AvgIpc) is 2.75. The standard InChI is InChI=1S/C21H19BrN2O4S/c1-28-18-8-10-19(11-9-18)29(26,27)20(16-3-2-12-23-13-16)14-24-21(25)15-4-6-17(22)7-5-15/h2-13,20H,14H2,1H3,(H,24,25)/t20-/m0/s1. The maximum Gasteiger partial charge on any atom is 0.251 e. The lowest BCUT2D eigenvalue weighted by atomic mass is 10.2. The topological polar surface area (TPSA) is 85.4 Å². The van der Waals surface area contributed by atoms with Crippen molar-refractivity contribution in [1.29, 1.82) is 0 Å². The molecule has 0 unspecified atom stereocenters. The third-order valence-electron chi connectivity index (χ3n) is 4.37. The van der Waals surface area contributed by atoms with Gasteiger partial charge >= 0.3 is 0 Å². The molecule has 1 atom stereocenters. The average molecular weight is 475 g/mol. The van der Waals surface area contributed by atoms with Gasteiger partial charge in [0.1, 0.15) is 11.0 Å². The van der Waals surface area contributed by atoms with Crippen LogP contribution in [0.2, 0.25) is 0 Å². The fourth-order valence-corrected chi connectivity index (χ4v) is 4.70. The molecule has 6 nitrogen and oxygen atoms in total. The zero-order valence-corrected chi connectivity index (χ0v) is 18.0. The quantitative estimate of drug-likeness (QED) is 0.562. The number of carbonyl (C=O) groups is 1. The van der Waals surface area contributed by atoms with Gasteiger partial charge in [0.25, 0.3) is 5.91 Å². The third kappa shape index (κ3) is 5.02. The Kier molecular flexibility index (Phi) is 6.66. The van der Waals surface area contributed by atoms with E-state index in [0.29, 0.717) is 16.9 Å². The zero-order chi connectivity index (χ0) is 20.9. The summed E-state index contributed by atoms with van der Waals surface area (Å²) in [4.78, 5) is 16.7. The van der Waals surface area contributed by atoms with E-state index < -0.39 is 15.1 Å². The van der Waals surface area contributed by atoms with Gasteiger partial charge in [-0.05, 0) is 60.2 Å². The normalized spacial score (nSPS) is 12.2. The number of carbonyl (C=O) groups excluding carboxylic acids is 1. The van der Waals surface area contributed by atoms with Gasteiger partial charge in [-0.1, -0.05) is 22.0 Å². The van der Waals surface area contributed by atoms with Crippen LogP contribution in [0, 0.1) is 0 Å². The van der Waals surface area contributed by atoms with Crippen molar-refractivity contribution < 1.29 is 17.9 Å². The number of rotatable bonds is 7. The van der Waals surface area contributed by atoms with Crippen LogP contribution in [0.5, 0.6) is 5.75 Å². The Labute approximate surface area is 178 Å². The SMILES string of the molecule is COc1ccc(S(=O)(=O)[C@@H](CNC(=O)c2ccc(Br)cc2)c2cccnc2)cc1. The summed E-state index contributed by atoms with van der Waals surface area (Å²) >= 11 is 3.32. The van der Waals surface area contributed by atoms with Crippen LogP contribution < -0.4 is 10.1 Å². The summed E-state index contributed by atoms with van der Waals surface area (Å²) in [6.45, 7) is -0.0883. The summed E-state index contributed by atoms with van der Waals surface area (Å²) in [5.74, 6) is 0.210. The van der Waals surface area contributed by atoms with E-state index in [1.165, 1.54) is 25.4 Å². The van der Waals surface area contributed by atoms with Gasteiger partial charge in [0.05, 0.1) is 12.0 Å². The minimum absolute atomic E-state index is 0.0883. The molecule has 150 valence electrons. The Bertz CT molecular complexity index is 1070. The van der Waals surface area contributed by atoms with E-state index >= 15 is 0 Å². The Morgan fingerprint density at radius 3 is 2.38 bits per heavy atom. The van der Waals surface area contributed by atoms with Gasteiger partial charge in [-0.3, -0.25) is 9.78 Å². The van der Waals surface area contributed by atoms with Crippen molar-refractivity contribution >= 4 is 31.7 Å². The second kappa shape index (κ2) is 9.19. The molecular formula is C21H19BrN2O4S. The van der Waals surface area contributed by atoms with Gasteiger partial charge in [0.15, 0.2) is 9.84 Å². The maximum atomic E-state index is 13.3. The first-order valence-electron chi connectivity index (χ1n) is 8.73. The predicted molar refractivity (Wildman–Crippen MR) is 114 cm³/mol. The van der Waals surface area contributed by atoms with Crippen LogP contribution in [0.4, 0.5) is 0 Å². The van der Waals surface area contributed by atoms with Gasteiger partial charge in [-0.15, -0.1) is 0 Å². The molecule has 1 aromatic heterocycles. The lowest BCUT2D eigenvalue weighted by Crippen LogP contribution is -2.32. The van der Waals surface area contributed by atoms with Crippen molar-refractivity contribution in [2.75, 3.05) is 13.7 Å². The number of hydrogen-bond donors (Lipinski definition) is 1. The van der Waals surface area contributed by atoms with Crippen molar-refractivity contribution in [2.45, 2.75) is 10.1 Å². The molecule has 0 aliphatic carbocycles. The molecular weight excluding hydrogens is 456 g/mol. The van der Waals surface area contributed by atoms with E-state index in [1.807, 2.05) is 0 Å². The van der Waals surface area contributed by atoms with Crippen molar-refractivity contribution in [1.82, 2.24) is 10.3 Å². The molecule has 0 aliphatic heterocycles. The highest BCUT2D eigenvalue weighted by Gasteiger charge is 2.30. The van der Waals surface area contributed by atoms with Crippen LogP contribution in [0.3, 0.4) is 0 Å². The fraction of sp³-hybridized carbons (Fsp3) is 0.143. The summed E-state index contributed by atoms with van der Waals surface area (Å²) in [5, 5.41) is 1.75. The third-order valence-corrected chi connectivity index (χ3v) is 7.02. The van der Waals surface area contributed by atoms with E-state index in [4.69, 9.17) is 4.74 Å². The van der Waals surface area contributed by atoms with Crippen molar-refractivity contribution in [3.05, 3.63) is 88.7 Å². The first-order chi connectivity index (χ1) is 13.9. The lowest BCUT2D eigenvalue weighted by Gasteiger charge is -2.19. The van der Waals surface area contributed by atoms with Crippen molar-refractivity contribution in [3.63, 3.8) is 0 Å². The second-order valence-electron chi connectivity index (χ2n) is 6.21. The number of halogens is 1. The summed E-state index contributed by atoms with van der Waals surface area (Å²) < 4.78 is 32.5. The Hall–Kier alpha value is -2.71. The van der Waals surface area contributed by atoms with Crippen molar-refractivity contribution in [2.24, 2.45) is 0 Å². The monoisotopic (exact) mass is 474 g/mol. The maximum absolute atomic E-state index is 13.3. The molecule has 0 spiro atoms. The lowest BCUT2D eigenvalue weighted by molar-refractivity contribution is 0.0953. The molecule has 1 N–H and O–H groups in total. The van der Waals surface area contributed by atoms with Crippen LogP contribution in [-0.2, 0) is 9.84 Å². The molecule has 0 fully saturated rings. The molecule has 0 saturated carbocycles. The van der Waals surface area contributed by atoms with E-state index in [-0.39, 0.29) is 17.3 Å². The number of methoxy groups -OCH3 is 1. The van der Waals surface area contributed by atoms with Crippen LogP contribution in [0.15, 0.2) is 82.4 Å². The smallest absolute Gasteiger partial charge is 0.251 e. The first kappa shape index (κ1) is 21.0. The van der Waals surface area contributed by atoms with E-state index in [2.05, 4.69) is 26.2 Å². The van der Waals surface area contributed by atoms with Crippen LogP contribution >= 0.6 is 15.9 Å². The summed E-state index contributed by atoms with van der Waals surface area (Å²) in [6, 6.07) is 16.4. The predicted octanol–water partition coefficient (Wildman–Crippen LogP) is 3.80. The highest BCUT2D eigenvalue weighted by Crippen LogP contribution is 2.29. The van der Waals surface area contributed by atoms with E-state index in [1.54, 1.807) is 54.7 Å². The van der Waals surface area contributed by atoms with Crippen LogP contribution in [0.25, 0.3) is 0 Å². The Morgan fingerprint density at radius 2 is 1.79 bits per heavy atom. The first-order valence-corrected chi connectivity index (χ1v) is 11.1. The summed E-state index contributed by atoms with van der Waals surface area (Å²) in [5.41, 5.74) is 0.944. The molecule has 2 aromatic carbocycles. The molecule has 0 radical (unpaired) electrons. The van der Waals surface area contributed by atoms with Gasteiger partial charge in [-0.2, -0.15) is 0 Å². The van der Waals surface area contributed by atoms with Gasteiger partial charge in [-0.25, -0.2) is 8.42 Å². The number of benzene rings is 2. The zero-order valence-electron chi connectivity index (χ0n) is 15.6. The number of nitrogens with zero attached hydrogens (tertiary/aromatic N) is 1. The van der Waals surface area contributed by atoms with E-state index in [0.717, 1.165) is 4.47 Å². The molecule has 3 rings (SSSR count). The molecule has 0 saturated heterocycles. The molecule has 1 heterocycles. The highest BCUT2D eigenvalue weighted by molar-refractivity contribution is 9.10. The second-order valence-corrected chi connectivity index (χ2v) is 9.26. The van der Waals surface area contributed by atoms with Crippen molar-refractivity contribution in [3.8, 4) is 5.75 Å². The summed E-state index contributed by atoms with van der Waals surface area (Å²) in [6.07, 6.45) is 3.07. The molecule has 8 heteroatoms. The number of nitrogens with one attached hydrogen (secondary N) is 1. The molecule has 1 amide bonds. The Balaban J connectivity index is 1.88. The molecule has 0 aliphatic rings. The largest absolute Gasteiger partial charge is 0.497 e. The van der Waals surface area contributed by atoms with E-state index in [9.17, 15) is 13.2 Å². The van der Waals surface area contributed by atoms with Gasteiger partial charge in [0, 0.05) is 29.0 Å². The number of hydrogen-bond acceptors (Lipinski definition) is 5. The Morgan fingerprint density at radius 1 is 1.10 bits per heavy atom. The fourth-order valence-electron chi connectivity index (χ4n) is 2.79. The minimum Gasteiger partial charge on any atom is -0.497 e. The molecule has 29 heavy (non-hydrogen) atoms. The number of amides is 1. The highest BCUT2D eigenvalue weighted by atomic mass is 79.9. The number of ether oxygens (including phenoxy) is 1. The molecule has 0 bridgehead atoms. The van der Waals surface area contributed by atoms with Crippen LogP contribution in [-0.4, -0.2) is 33.0 Å².